The van der Waals surface area contributed by atoms with Crippen LogP contribution in [0.1, 0.15) is 23.2 Å². The third kappa shape index (κ3) is 2.69. The molecule has 1 unspecified atom stereocenters. The number of aryl methyl sites for hydroxylation is 2. The molecule has 3 nitrogen and oxygen atoms in total. The summed E-state index contributed by atoms with van der Waals surface area (Å²) in [6.45, 7) is 1.95. The fourth-order valence-corrected chi connectivity index (χ4v) is 3.69. The predicted molar refractivity (Wildman–Crippen MR) is 98.6 cm³/mol. The molecule has 1 aliphatic rings. The second kappa shape index (κ2) is 5.99. The first-order chi connectivity index (χ1) is 11.6. The number of carbonyl (C=O) groups excluding carboxylic acids is 1. The molecule has 0 aliphatic heterocycles. The topological polar surface area (TPSA) is 44.9 Å². The van der Waals surface area contributed by atoms with Crippen molar-refractivity contribution in [1.29, 1.82) is 0 Å². The maximum Gasteiger partial charge on any atom is 0.227 e. The van der Waals surface area contributed by atoms with Gasteiger partial charge in [-0.3, -0.25) is 4.79 Å². The Morgan fingerprint density at radius 3 is 2.92 bits per heavy atom. The van der Waals surface area contributed by atoms with Gasteiger partial charge in [-0.2, -0.15) is 0 Å². The number of amides is 1. The van der Waals surface area contributed by atoms with Crippen LogP contribution in [0.2, 0.25) is 5.02 Å². The summed E-state index contributed by atoms with van der Waals surface area (Å²) in [7, 11) is 0. The molecule has 0 saturated carbocycles. The molecule has 1 aliphatic carbocycles. The van der Waals surface area contributed by atoms with Crippen molar-refractivity contribution < 1.29 is 4.79 Å². The number of carbonyl (C=O) groups is 1. The number of hydrogen-bond acceptors (Lipinski definition) is 1. The van der Waals surface area contributed by atoms with Crippen LogP contribution in [0.5, 0.6) is 0 Å². The van der Waals surface area contributed by atoms with Gasteiger partial charge < -0.3 is 10.3 Å². The number of nitrogens with one attached hydrogen (secondary N) is 2. The second-order valence-electron chi connectivity index (χ2n) is 6.52. The van der Waals surface area contributed by atoms with Crippen LogP contribution in [0.15, 0.2) is 42.5 Å². The molecule has 24 heavy (non-hydrogen) atoms. The molecule has 4 rings (SSSR count). The molecule has 2 N–H and O–H groups in total. The van der Waals surface area contributed by atoms with Gasteiger partial charge >= 0.3 is 0 Å². The molecule has 2 aromatic carbocycles. The quantitative estimate of drug-likeness (QED) is 0.687. The van der Waals surface area contributed by atoms with E-state index in [1.54, 1.807) is 0 Å². The van der Waals surface area contributed by atoms with Gasteiger partial charge in [-0.05, 0) is 55.5 Å². The summed E-state index contributed by atoms with van der Waals surface area (Å²) in [5, 5.41) is 4.93. The smallest absolute Gasteiger partial charge is 0.227 e. The number of aromatic nitrogens is 1. The summed E-state index contributed by atoms with van der Waals surface area (Å²) in [6, 6.07) is 14.0. The number of benzene rings is 2. The Morgan fingerprint density at radius 2 is 2.08 bits per heavy atom. The van der Waals surface area contributed by atoms with Crippen LogP contribution in [0.25, 0.3) is 10.9 Å². The molecule has 0 bridgehead atoms. The van der Waals surface area contributed by atoms with Crippen LogP contribution in [-0.2, 0) is 17.6 Å². The number of H-pyrrole nitrogens is 1. The van der Waals surface area contributed by atoms with E-state index in [2.05, 4.69) is 28.5 Å². The van der Waals surface area contributed by atoms with Crippen LogP contribution >= 0.6 is 11.6 Å². The van der Waals surface area contributed by atoms with Gasteiger partial charge in [0.1, 0.15) is 0 Å². The van der Waals surface area contributed by atoms with E-state index in [1.165, 1.54) is 16.6 Å². The highest BCUT2D eigenvalue weighted by Crippen LogP contribution is 2.32. The number of aromatic amines is 1. The molecule has 3 aromatic rings. The number of para-hydroxylation sites is 1. The minimum absolute atomic E-state index is 0.00298. The van der Waals surface area contributed by atoms with E-state index in [9.17, 15) is 4.79 Å². The Bertz CT molecular complexity index is 929. The third-order valence-electron chi connectivity index (χ3n) is 4.91. The molecule has 122 valence electrons. The number of halogens is 1. The van der Waals surface area contributed by atoms with Crippen molar-refractivity contribution in [2.45, 2.75) is 26.2 Å². The third-order valence-corrected chi connectivity index (χ3v) is 5.31. The van der Waals surface area contributed by atoms with Gasteiger partial charge in [0.15, 0.2) is 0 Å². The number of hydrogen-bond donors (Lipinski definition) is 2. The molecule has 0 saturated heterocycles. The van der Waals surface area contributed by atoms with Crippen LogP contribution in [-0.4, -0.2) is 10.9 Å². The molecular formula is C20H19ClN2O. The van der Waals surface area contributed by atoms with Gasteiger partial charge in [0, 0.05) is 33.2 Å². The Labute approximate surface area is 146 Å². The fourth-order valence-electron chi connectivity index (χ4n) is 3.51. The molecule has 1 aromatic heterocycles. The van der Waals surface area contributed by atoms with Crippen molar-refractivity contribution >= 4 is 34.1 Å². The molecular weight excluding hydrogens is 320 g/mol. The average Bonchev–Trinajstić information content (AvgIpc) is 2.96. The second-order valence-corrected chi connectivity index (χ2v) is 6.93. The van der Waals surface area contributed by atoms with E-state index in [4.69, 9.17) is 11.6 Å². The zero-order chi connectivity index (χ0) is 16.7. The van der Waals surface area contributed by atoms with Crippen molar-refractivity contribution in [2.75, 3.05) is 5.32 Å². The Kier molecular flexibility index (Phi) is 3.81. The Balaban J connectivity index is 1.55. The summed E-state index contributed by atoms with van der Waals surface area (Å²) in [6.07, 6.45) is 2.56. The molecule has 0 spiro atoms. The van der Waals surface area contributed by atoms with E-state index in [1.807, 2.05) is 31.2 Å². The van der Waals surface area contributed by atoms with Gasteiger partial charge in [0.25, 0.3) is 0 Å². The average molecular weight is 339 g/mol. The first kappa shape index (κ1) is 15.3. The summed E-state index contributed by atoms with van der Waals surface area (Å²) >= 11 is 6.15. The highest BCUT2D eigenvalue weighted by molar-refractivity contribution is 6.31. The largest absolute Gasteiger partial charge is 0.358 e. The standard InChI is InChI=1S/C20H19ClN2O/c1-12-6-8-14(11-17(12)21)22-20(24)13-7-9-19-16(10-13)15-4-2-3-5-18(15)23-19/h2-6,8,11,13,23H,7,9-10H2,1H3,(H,22,24). The maximum absolute atomic E-state index is 12.7. The monoisotopic (exact) mass is 338 g/mol. The SMILES string of the molecule is Cc1ccc(NC(=O)C2CCc3[nH]c4ccccc4c3C2)cc1Cl. The highest BCUT2D eigenvalue weighted by Gasteiger charge is 2.27. The van der Waals surface area contributed by atoms with Crippen LogP contribution in [0, 0.1) is 12.8 Å². The van der Waals surface area contributed by atoms with Crippen LogP contribution in [0.3, 0.4) is 0 Å². The first-order valence-electron chi connectivity index (χ1n) is 8.27. The summed E-state index contributed by atoms with van der Waals surface area (Å²) in [5.74, 6) is 0.0719. The zero-order valence-corrected chi connectivity index (χ0v) is 14.3. The van der Waals surface area contributed by atoms with Crippen molar-refractivity contribution in [3.63, 3.8) is 0 Å². The number of anilines is 1. The minimum Gasteiger partial charge on any atom is -0.358 e. The van der Waals surface area contributed by atoms with Crippen molar-refractivity contribution in [1.82, 2.24) is 4.98 Å². The van der Waals surface area contributed by atoms with Crippen molar-refractivity contribution in [2.24, 2.45) is 5.92 Å². The van der Waals surface area contributed by atoms with Crippen molar-refractivity contribution in [3.8, 4) is 0 Å². The van der Waals surface area contributed by atoms with E-state index in [0.717, 1.165) is 36.0 Å². The van der Waals surface area contributed by atoms with Gasteiger partial charge in [-0.15, -0.1) is 0 Å². The lowest BCUT2D eigenvalue weighted by atomic mass is 9.86. The Hall–Kier alpha value is -2.26. The molecule has 4 heteroatoms. The number of rotatable bonds is 2. The normalized spacial score (nSPS) is 16.8. The van der Waals surface area contributed by atoms with E-state index < -0.39 is 0 Å². The minimum atomic E-state index is -0.00298. The summed E-state index contributed by atoms with van der Waals surface area (Å²) in [5.41, 5.74) is 5.50. The lowest BCUT2D eigenvalue weighted by Gasteiger charge is -2.22. The van der Waals surface area contributed by atoms with Gasteiger partial charge in [-0.1, -0.05) is 35.9 Å². The molecule has 1 atom stereocenters. The van der Waals surface area contributed by atoms with Gasteiger partial charge in [0.05, 0.1) is 0 Å². The molecule has 0 fully saturated rings. The van der Waals surface area contributed by atoms with Crippen molar-refractivity contribution in [3.05, 3.63) is 64.3 Å². The Morgan fingerprint density at radius 1 is 1.25 bits per heavy atom. The fraction of sp³-hybridized carbons (Fsp3) is 0.250. The predicted octanol–water partition coefficient (Wildman–Crippen LogP) is 4.87. The van der Waals surface area contributed by atoms with E-state index in [0.29, 0.717) is 5.02 Å². The molecule has 0 radical (unpaired) electrons. The zero-order valence-electron chi connectivity index (χ0n) is 13.5. The van der Waals surface area contributed by atoms with Gasteiger partial charge in [0.2, 0.25) is 5.91 Å². The summed E-state index contributed by atoms with van der Waals surface area (Å²) < 4.78 is 0. The van der Waals surface area contributed by atoms with E-state index >= 15 is 0 Å². The first-order valence-corrected chi connectivity index (χ1v) is 8.65. The van der Waals surface area contributed by atoms with Crippen LogP contribution in [0.4, 0.5) is 5.69 Å². The van der Waals surface area contributed by atoms with E-state index in [-0.39, 0.29) is 11.8 Å². The number of fused-ring (bicyclic) bond motifs is 3. The summed E-state index contributed by atoms with van der Waals surface area (Å²) in [4.78, 5) is 16.2. The molecule has 1 heterocycles. The molecule has 1 amide bonds. The lowest BCUT2D eigenvalue weighted by molar-refractivity contribution is -0.120. The maximum atomic E-state index is 12.7. The lowest BCUT2D eigenvalue weighted by Crippen LogP contribution is -2.28. The van der Waals surface area contributed by atoms with Gasteiger partial charge in [-0.25, -0.2) is 0 Å². The van der Waals surface area contributed by atoms with Crippen LogP contribution < -0.4 is 5.32 Å². The highest BCUT2D eigenvalue weighted by atomic mass is 35.5.